The van der Waals surface area contributed by atoms with Crippen LogP contribution in [-0.2, 0) is 0 Å². The molecule has 0 nitrogen and oxygen atoms in total. The topological polar surface area (TPSA) is 0 Å². The average Bonchev–Trinajstić information content (AvgIpc) is 2.84. The molecule has 0 aromatic heterocycles. The van der Waals surface area contributed by atoms with Crippen LogP contribution in [0.1, 0.15) is 0 Å². The van der Waals surface area contributed by atoms with E-state index < -0.39 is 0 Å². The van der Waals surface area contributed by atoms with E-state index in [4.69, 9.17) is 23.2 Å². The molecule has 4 aromatic carbocycles. The Morgan fingerprint density at radius 1 is 0.531 bits per heavy atom. The Morgan fingerprint density at radius 3 is 1.19 bits per heavy atom. The summed E-state index contributed by atoms with van der Waals surface area (Å²) in [7, 11) is 0. The van der Waals surface area contributed by atoms with Gasteiger partial charge in [-0.15, -0.1) is 23.5 Å². The van der Waals surface area contributed by atoms with Crippen molar-refractivity contribution in [1.29, 1.82) is 0 Å². The van der Waals surface area contributed by atoms with E-state index in [1.165, 1.54) is 9.79 Å². The third-order valence-electron chi connectivity index (χ3n) is 4.68. The Morgan fingerprint density at radius 2 is 0.875 bits per heavy atom. The van der Waals surface area contributed by atoms with Crippen LogP contribution in [0.5, 0.6) is 0 Å². The zero-order chi connectivity index (χ0) is 23.1. The van der Waals surface area contributed by atoms with Crippen LogP contribution in [0.2, 0.25) is 10.0 Å². The molecule has 4 rings (SSSR count). The summed E-state index contributed by atoms with van der Waals surface area (Å²) < 4.78 is 1.87. The maximum absolute atomic E-state index is 6.35. The Bertz CT molecular complexity index is 1090. The van der Waals surface area contributed by atoms with Gasteiger partial charge in [0.2, 0.25) is 0 Å². The minimum atomic E-state index is 0.776. The number of hydrogen-bond acceptors (Lipinski definition) is 2. The lowest BCUT2D eigenvalue weighted by atomic mass is 10.1. The van der Waals surface area contributed by atoms with Gasteiger partial charge in [-0.2, -0.15) is 0 Å². The highest BCUT2D eigenvalue weighted by Crippen LogP contribution is 2.41. The molecule has 0 aliphatic heterocycles. The van der Waals surface area contributed by atoms with Crippen LogP contribution in [0.15, 0.2) is 104 Å². The minimum absolute atomic E-state index is 0.776. The van der Waals surface area contributed by atoms with Gasteiger partial charge in [-0.25, -0.2) is 0 Å². The van der Waals surface area contributed by atoms with Crippen molar-refractivity contribution in [3.05, 3.63) is 104 Å². The van der Waals surface area contributed by atoms with E-state index in [0.29, 0.717) is 0 Å². The molecule has 0 radical (unpaired) electrons. The lowest BCUT2D eigenvalue weighted by molar-refractivity contribution is 1.43. The third-order valence-corrected chi connectivity index (χ3v) is 8.80. The van der Waals surface area contributed by atoms with E-state index in [-0.39, 0.29) is 0 Å². The standard InChI is InChI=1S/2C13H10BrClS/c2*1-16-11-8-7-10(14)13(15)12(11)9-5-3-2-4-6-9/h2*2-8H,1H3. The second-order valence-electron chi connectivity index (χ2n) is 6.61. The van der Waals surface area contributed by atoms with E-state index in [1.54, 1.807) is 23.5 Å². The van der Waals surface area contributed by atoms with Crippen LogP contribution in [0.25, 0.3) is 22.3 Å². The summed E-state index contributed by atoms with van der Waals surface area (Å²) >= 11 is 23.0. The maximum atomic E-state index is 6.35. The zero-order valence-electron chi connectivity index (χ0n) is 17.4. The van der Waals surface area contributed by atoms with Crippen LogP contribution < -0.4 is 0 Å². The van der Waals surface area contributed by atoms with E-state index in [1.807, 2.05) is 48.5 Å². The van der Waals surface area contributed by atoms with Crippen molar-refractivity contribution in [3.63, 3.8) is 0 Å². The van der Waals surface area contributed by atoms with Gasteiger partial charge in [0.1, 0.15) is 0 Å². The van der Waals surface area contributed by atoms with E-state index in [2.05, 4.69) is 80.8 Å². The molecule has 0 saturated carbocycles. The van der Waals surface area contributed by atoms with E-state index >= 15 is 0 Å². The molecule has 0 aliphatic rings. The highest BCUT2D eigenvalue weighted by molar-refractivity contribution is 9.10. The van der Waals surface area contributed by atoms with Crippen molar-refractivity contribution in [2.45, 2.75) is 9.79 Å². The SMILES string of the molecule is CSc1ccc(Br)c(Cl)c1-c1ccccc1.CSc1ccc(Br)c(Cl)c1-c1ccccc1. The van der Waals surface area contributed by atoms with Crippen LogP contribution in [0.4, 0.5) is 0 Å². The van der Waals surface area contributed by atoms with Crippen molar-refractivity contribution in [2.75, 3.05) is 12.5 Å². The molecule has 6 heteroatoms. The van der Waals surface area contributed by atoms with Crippen molar-refractivity contribution in [2.24, 2.45) is 0 Å². The Kier molecular flexibility index (Phi) is 10.1. The fourth-order valence-corrected chi connectivity index (χ4v) is 5.73. The number of hydrogen-bond donors (Lipinski definition) is 0. The second kappa shape index (κ2) is 12.5. The fraction of sp³-hybridized carbons (Fsp3) is 0.0769. The summed E-state index contributed by atoms with van der Waals surface area (Å²) in [5.74, 6) is 0. The van der Waals surface area contributed by atoms with Gasteiger partial charge in [-0.05, 0) is 79.8 Å². The molecule has 0 aliphatic carbocycles. The first-order chi connectivity index (χ1) is 15.5. The summed E-state index contributed by atoms with van der Waals surface area (Å²) in [6.45, 7) is 0. The summed E-state index contributed by atoms with van der Waals surface area (Å²) in [6, 6.07) is 28.6. The molecule has 0 saturated heterocycles. The van der Waals surface area contributed by atoms with Crippen molar-refractivity contribution < 1.29 is 0 Å². The van der Waals surface area contributed by atoms with Gasteiger partial charge in [0.05, 0.1) is 10.0 Å². The van der Waals surface area contributed by atoms with Gasteiger partial charge in [-0.3, -0.25) is 0 Å². The fourth-order valence-electron chi connectivity index (χ4n) is 3.15. The van der Waals surface area contributed by atoms with E-state index in [9.17, 15) is 0 Å². The first-order valence-electron chi connectivity index (χ1n) is 9.62. The van der Waals surface area contributed by atoms with Crippen molar-refractivity contribution >= 4 is 78.6 Å². The number of benzene rings is 4. The predicted octanol–water partition coefficient (Wildman–Crippen LogP) is 11.0. The summed E-state index contributed by atoms with van der Waals surface area (Å²) in [6.07, 6.45) is 4.12. The smallest absolute Gasteiger partial charge is 0.0637 e. The number of thioether (sulfide) groups is 2. The average molecular weight is 627 g/mol. The van der Waals surface area contributed by atoms with Crippen molar-refractivity contribution in [1.82, 2.24) is 0 Å². The van der Waals surface area contributed by atoms with Crippen LogP contribution in [-0.4, -0.2) is 12.5 Å². The second-order valence-corrected chi connectivity index (χ2v) is 10.8. The van der Waals surface area contributed by atoms with Crippen LogP contribution >= 0.6 is 78.6 Å². The van der Waals surface area contributed by atoms with Crippen molar-refractivity contribution in [3.8, 4) is 22.3 Å². The third kappa shape index (κ3) is 6.16. The first-order valence-corrected chi connectivity index (χ1v) is 14.4. The van der Waals surface area contributed by atoms with Gasteiger partial charge in [-0.1, -0.05) is 83.9 Å². The van der Waals surface area contributed by atoms with Crippen LogP contribution in [0, 0.1) is 0 Å². The summed E-state index contributed by atoms with van der Waals surface area (Å²) in [5.41, 5.74) is 4.50. The normalized spacial score (nSPS) is 10.4. The molecule has 0 bridgehead atoms. The molecule has 0 unspecified atom stereocenters. The Balaban J connectivity index is 0.000000181. The van der Waals surface area contributed by atoms with Gasteiger partial charge < -0.3 is 0 Å². The van der Waals surface area contributed by atoms with Gasteiger partial charge in [0.15, 0.2) is 0 Å². The molecule has 32 heavy (non-hydrogen) atoms. The van der Waals surface area contributed by atoms with Gasteiger partial charge in [0.25, 0.3) is 0 Å². The monoisotopic (exact) mass is 624 g/mol. The molecular weight excluding hydrogens is 607 g/mol. The molecule has 0 amide bonds. The Labute approximate surface area is 225 Å². The lowest BCUT2D eigenvalue weighted by Crippen LogP contribution is -1.84. The van der Waals surface area contributed by atoms with Crippen LogP contribution in [0.3, 0.4) is 0 Å². The number of rotatable bonds is 4. The highest BCUT2D eigenvalue weighted by Gasteiger charge is 2.12. The number of halogens is 4. The largest absolute Gasteiger partial charge is 0.129 e. The lowest BCUT2D eigenvalue weighted by Gasteiger charge is -2.11. The van der Waals surface area contributed by atoms with Gasteiger partial charge >= 0.3 is 0 Å². The molecule has 0 heterocycles. The molecule has 4 aromatic rings. The molecule has 0 atom stereocenters. The molecule has 0 N–H and O–H groups in total. The molecular formula is C26H20Br2Cl2S2. The van der Waals surface area contributed by atoms with E-state index in [0.717, 1.165) is 41.2 Å². The Hall–Kier alpha value is -0.880. The predicted molar refractivity (Wildman–Crippen MR) is 153 cm³/mol. The first kappa shape index (κ1) is 25.7. The maximum Gasteiger partial charge on any atom is 0.0637 e. The molecule has 0 fully saturated rings. The zero-order valence-corrected chi connectivity index (χ0v) is 23.7. The summed E-state index contributed by atoms with van der Waals surface area (Å²) in [4.78, 5) is 2.39. The quantitative estimate of drug-likeness (QED) is 0.207. The molecule has 0 spiro atoms. The highest BCUT2D eigenvalue weighted by atomic mass is 79.9. The molecule has 164 valence electrons. The summed E-state index contributed by atoms with van der Waals surface area (Å²) in [5, 5.41) is 1.55. The minimum Gasteiger partial charge on any atom is -0.129 e. The van der Waals surface area contributed by atoms with Gasteiger partial charge in [0, 0.05) is 29.9 Å².